The summed E-state index contributed by atoms with van der Waals surface area (Å²) < 4.78 is 0. The van der Waals surface area contributed by atoms with Crippen molar-refractivity contribution in [2.24, 2.45) is 0 Å². The van der Waals surface area contributed by atoms with Crippen molar-refractivity contribution in [1.82, 2.24) is 0 Å². The Labute approximate surface area is 177 Å². The number of hydrogen-bond acceptors (Lipinski definition) is 2. The summed E-state index contributed by atoms with van der Waals surface area (Å²) in [6.07, 6.45) is 8.44. The summed E-state index contributed by atoms with van der Waals surface area (Å²) in [5, 5.41) is 15.4. The predicted octanol–water partition coefficient (Wildman–Crippen LogP) is 7.35. The van der Waals surface area contributed by atoms with E-state index in [9.17, 15) is 9.90 Å². The number of amides is 1. The maximum absolute atomic E-state index is 12.8. The monoisotopic (exact) mass is 409 g/mol. The summed E-state index contributed by atoms with van der Waals surface area (Å²) in [7, 11) is 0. The molecule has 4 heteroatoms. The number of aryl methyl sites for hydroxylation is 1. The lowest BCUT2D eigenvalue weighted by molar-refractivity contribution is 0.102. The zero-order chi connectivity index (χ0) is 20.6. The van der Waals surface area contributed by atoms with Crippen LogP contribution in [0.2, 0.25) is 5.02 Å². The van der Waals surface area contributed by atoms with Crippen LogP contribution < -0.4 is 5.32 Å². The van der Waals surface area contributed by atoms with Gasteiger partial charge in [0.1, 0.15) is 5.75 Å². The molecule has 3 aromatic rings. The number of phenolic OH excluding ortho intramolecular Hbond substituents is 1. The highest BCUT2D eigenvalue weighted by Gasteiger charge is 2.14. The second-order valence-corrected chi connectivity index (χ2v) is 7.91. The van der Waals surface area contributed by atoms with Gasteiger partial charge in [-0.3, -0.25) is 4.79 Å². The van der Waals surface area contributed by atoms with Crippen LogP contribution in [0.4, 0.5) is 5.69 Å². The lowest BCUT2D eigenvalue weighted by Crippen LogP contribution is -2.12. The van der Waals surface area contributed by atoms with Gasteiger partial charge in [0.05, 0.1) is 16.3 Å². The summed E-state index contributed by atoms with van der Waals surface area (Å²) >= 11 is 6.30. The Morgan fingerprint density at radius 1 is 0.931 bits per heavy atom. The molecule has 0 radical (unpaired) electrons. The van der Waals surface area contributed by atoms with E-state index in [4.69, 9.17) is 11.6 Å². The number of nitrogens with one attached hydrogen (secondary N) is 1. The van der Waals surface area contributed by atoms with Gasteiger partial charge in [-0.15, -0.1) is 0 Å². The molecule has 2 N–H and O–H groups in total. The minimum atomic E-state index is -0.369. The van der Waals surface area contributed by atoms with Gasteiger partial charge in [0.15, 0.2) is 0 Å². The number of hydrogen-bond donors (Lipinski definition) is 2. The van der Waals surface area contributed by atoms with Crippen LogP contribution in [0.1, 0.15) is 61.4 Å². The highest BCUT2D eigenvalue weighted by molar-refractivity contribution is 6.34. The average molecular weight is 410 g/mol. The number of halogens is 1. The first-order valence-corrected chi connectivity index (χ1v) is 10.8. The van der Waals surface area contributed by atoms with Gasteiger partial charge in [0.25, 0.3) is 5.91 Å². The smallest absolute Gasteiger partial charge is 0.259 e. The van der Waals surface area contributed by atoms with E-state index in [1.807, 2.05) is 42.5 Å². The molecule has 0 atom stereocenters. The molecule has 3 nitrogen and oxygen atoms in total. The van der Waals surface area contributed by atoms with E-state index >= 15 is 0 Å². The van der Waals surface area contributed by atoms with Crippen molar-refractivity contribution < 1.29 is 9.90 Å². The van der Waals surface area contributed by atoms with Gasteiger partial charge in [-0.25, -0.2) is 0 Å². The Morgan fingerprint density at radius 2 is 1.62 bits per heavy atom. The number of rotatable bonds is 9. The molecule has 152 valence electrons. The average Bonchev–Trinajstić information content (AvgIpc) is 2.72. The van der Waals surface area contributed by atoms with Crippen molar-refractivity contribution in [1.29, 1.82) is 0 Å². The Hall–Kier alpha value is -2.52. The first kappa shape index (κ1) is 21.2. The fraction of sp³-hybridized carbons (Fsp3) is 0.320. The summed E-state index contributed by atoms with van der Waals surface area (Å²) in [4.78, 5) is 12.8. The molecule has 0 aliphatic heterocycles. The minimum Gasteiger partial charge on any atom is -0.507 e. The second kappa shape index (κ2) is 10.3. The standard InChI is InChI=1S/C25H28ClNO2/c1-2-3-4-5-6-7-10-18-13-14-22(26)23(15-18)27-25(29)21-16-19-11-8-9-12-20(19)17-24(21)28/h8-9,11-17,28H,2-7,10H2,1H3,(H,27,29). The third-order valence-electron chi connectivity index (χ3n) is 5.21. The van der Waals surface area contributed by atoms with Gasteiger partial charge < -0.3 is 10.4 Å². The summed E-state index contributed by atoms with van der Waals surface area (Å²) in [6, 6.07) is 16.7. The van der Waals surface area contributed by atoms with Crippen molar-refractivity contribution in [3.63, 3.8) is 0 Å². The number of anilines is 1. The molecule has 0 aliphatic rings. The number of carbonyl (C=O) groups is 1. The van der Waals surface area contributed by atoms with Crippen molar-refractivity contribution in [3.05, 3.63) is 70.7 Å². The van der Waals surface area contributed by atoms with Crippen molar-refractivity contribution in [2.45, 2.75) is 51.9 Å². The second-order valence-electron chi connectivity index (χ2n) is 7.50. The molecule has 0 aromatic heterocycles. The third kappa shape index (κ3) is 5.74. The highest BCUT2D eigenvalue weighted by atomic mass is 35.5. The molecule has 0 saturated heterocycles. The summed E-state index contributed by atoms with van der Waals surface area (Å²) in [5.74, 6) is -0.410. The number of carbonyl (C=O) groups excluding carboxylic acids is 1. The molecular formula is C25H28ClNO2. The summed E-state index contributed by atoms with van der Waals surface area (Å²) in [6.45, 7) is 2.22. The quantitative estimate of drug-likeness (QED) is 0.363. The molecule has 0 spiro atoms. The molecule has 29 heavy (non-hydrogen) atoms. The van der Waals surface area contributed by atoms with Gasteiger partial charge in [-0.2, -0.15) is 0 Å². The third-order valence-corrected chi connectivity index (χ3v) is 5.54. The maximum Gasteiger partial charge on any atom is 0.259 e. The SMILES string of the molecule is CCCCCCCCc1ccc(Cl)c(NC(=O)c2cc3ccccc3cc2O)c1. The van der Waals surface area contributed by atoms with Gasteiger partial charge in [-0.05, 0) is 53.4 Å². The fourth-order valence-corrected chi connectivity index (χ4v) is 3.70. The lowest BCUT2D eigenvalue weighted by Gasteiger charge is -2.11. The molecule has 1 amide bonds. The topological polar surface area (TPSA) is 49.3 Å². The van der Waals surface area contributed by atoms with E-state index in [1.54, 1.807) is 12.1 Å². The fourth-order valence-electron chi connectivity index (χ4n) is 3.53. The molecule has 3 aromatic carbocycles. The zero-order valence-electron chi connectivity index (χ0n) is 16.9. The van der Waals surface area contributed by atoms with E-state index < -0.39 is 0 Å². The number of phenols is 1. The molecule has 3 rings (SSSR count). The minimum absolute atomic E-state index is 0.0412. The van der Waals surface area contributed by atoms with E-state index in [0.717, 1.165) is 29.2 Å². The Bertz CT molecular complexity index is 984. The van der Waals surface area contributed by atoms with Crippen molar-refractivity contribution >= 4 is 34.0 Å². The van der Waals surface area contributed by atoms with Gasteiger partial charge in [0.2, 0.25) is 0 Å². The van der Waals surface area contributed by atoms with Crippen LogP contribution in [0.25, 0.3) is 10.8 Å². The molecular weight excluding hydrogens is 382 g/mol. The molecule has 0 aliphatic carbocycles. The van der Waals surface area contributed by atoms with Gasteiger partial charge in [0, 0.05) is 0 Å². The number of benzene rings is 3. The van der Waals surface area contributed by atoms with Gasteiger partial charge in [-0.1, -0.05) is 81.0 Å². The largest absolute Gasteiger partial charge is 0.507 e. The lowest BCUT2D eigenvalue weighted by atomic mass is 10.0. The van der Waals surface area contributed by atoms with Crippen LogP contribution >= 0.6 is 11.6 Å². The van der Waals surface area contributed by atoms with E-state index in [-0.39, 0.29) is 17.2 Å². The van der Waals surface area contributed by atoms with E-state index in [2.05, 4.69) is 12.2 Å². The normalized spacial score (nSPS) is 11.0. The first-order valence-electron chi connectivity index (χ1n) is 10.4. The van der Waals surface area contributed by atoms with Crippen molar-refractivity contribution in [2.75, 3.05) is 5.32 Å². The van der Waals surface area contributed by atoms with E-state index in [1.165, 1.54) is 32.1 Å². The molecule has 0 heterocycles. The zero-order valence-corrected chi connectivity index (χ0v) is 17.6. The Kier molecular flexibility index (Phi) is 7.54. The van der Waals surface area contributed by atoms with Crippen LogP contribution in [-0.4, -0.2) is 11.0 Å². The number of fused-ring (bicyclic) bond motifs is 1. The number of unbranched alkanes of at least 4 members (excludes halogenated alkanes) is 5. The Balaban J connectivity index is 1.68. The predicted molar refractivity (Wildman–Crippen MR) is 122 cm³/mol. The van der Waals surface area contributed by atoms with Crippen LogP contribution in [0, 0.1) is 0 Å². The molecule has 0 bridgehead atoms. The number of aromatic hydroxyl groups is 1. The van der Waals surface area contributed by atoms with Crippen LogP contribution in [-0.2, 0) is 6.42 Å². The first-order chi connectivity index (χ1) is 14.1. The maximum atomic E-state index is 12.8. The summed E-state index contributed by atoms with van der Waals surface area (Å²) in [5.41, 5.74) is 1.97. The molecule has 0 unspecified atom stereocenters. The van der Waals surface area contributed by atoms with E-state index in [0.29, 0.717) is 10.7 Å². The highest BCUT2D eigenvalue weighted by Crippen LogP contribution is 2.28. The molecule has 0 fully saturated rings. The van der Waals surface area contributed by atoms with Gasteiger partial charge >= 0.3 is 0 Å². The van der Waals surface area contributed by atoms with Crippen LogP contribution in [0.3, 0.4) is 0 Å². The van der Waals surface area contributed by atoms with Crippen LogP contribution in [0.5, 0.6) is 5.75 Å². The van der Waals surface area contributed by atoms with Crippen molar-refractivity contribution in [3.8, 4) is 5.75 Å². The van der Waals surface area contributed by atoms with Crippen LogP contribution in [0.15, 0.2) is 54.6 Å². The Morgan fingerprint density at radius 3 is 2.38 bits per heavy atom. The molecule has 0 saturated carbocycles.